The third-order valence-electron chi connectivity index (χ3n) is 2.82. The first kappa shape index (κ1) is 12.8. The zero-order valence-electron chi connectivity index (χ0n) is 10.9. The normalized spacial score (nSPS) is 10.7. The summed E-state index contributed by atoms with van der Waals surface area (Å²) < 4.78 is 7.59. The van der Waals surface area contributed by atoms with Gasteiger partial charge in [-0.1, -0.05) is 30.3 Å². The molecule has 0 unspecified atom stereocenters. The van der Waals surface area contributed by atoms with Crippen LogP contribution in [-0.4, -0.2) is 23.0 Å². The molecule has 2 rings (SSSR count). The Morgan fingerprint density at radius 2 is 2.00 bits per heavy atom. The second kappa shape index (κ2) is 6.97. The monoisotopic (exact) mass is 244 g/mol. The summed E-state index contributed by atoms with van der Waals surface area (Å²) in [5.41, 5.74) is 2.54. The van der Waals surface area contributed by atoms with Crippen molar-refractivity contribution in [1.82, 2.24) is 9.78 Å². The summed E-state index contributed by atoms with van der Waals surface area (Å²) in [7, 11) is 0. The number of aromatic nitrogens is 2. The molecule has 1 aromatic heterocycles. The first-order valence-corrected chi connectivity index (χ1v) is 6.45. The van der Waals surface area contributed by atoms with Crippen LogP contribution in [0.15, 0.2) is 42.7 Å². The van der Waals surface area contributed by atoms with Crippen LogP contribution in [0.25, 0.3) is 0 Å². The van der Waals surface area contributed by atoms with Gasteiger partial charge < -0.3 is 4.74 Å². The Morgan fingerprint density at radius 1 is 1.17 bits per heavy atom. The molecule has 96 valence electrons. The summed E-state index contributed by atoms with van der Waals surface area (Å²) in [6.07, 6.45) is 5.94. The van der Waals surface area contributed by atoms with Crippen LogP contribution in [0, 0.1) is 6.92 Å². The molecule has 0 aliphatic heterocycles. The summed E-state index contributed by atoms with van der Waals surface area (Å²) in [4.78, 5) is 0. The lowest BCUT2D eigenvalue weighted by atomic mass is 10.2. The Bertz CT molecular complexity index is 451. The topological polar surface area (TPSA) is 27.1 Å². The number of nitrogens with zero attached hydrogens (tertiary/aromatic N) is 2. The minimum atomic E-state index is 0.794. The van der Waals surface area contributed by atoms with Crippen molar-refractivity contribution >= 4 is 0 Å². The lowest BCUT2D eigenvalue weighted by Crippen LogP contribution is -2.05. The van der Waals surface area contributed by atoms with E-state index in [1.165, 1.54) is 11.1 Å². The molecule has 0 bridgehead atoms. The van der Waals surface area contributed by atoms with Gasteiger partial charge in [-0.3, -0.25) is 4.68 Å². The average molecular weight is 244 g/mol. The van der Waals surface area contributed by atoms with E-state index in [1.54, 1.807) is 0 Å². The molecule has 0 amide bonds. The van der Waals surface area contributed by atoms with E-state index in [4.69, 9.17) is 4.74 Å². The molecule has 0 aliphatic carbocycles. The highest BCUT2D eigenvalue weighted by atomic mass is 16.5. The molecule has 3 heteroatoms. The third kappa shape index (κ3) is 4.34. The highest BCUT2D eigenvalue weighted by Crippen LogP contribution is 2.00. The van der Waals surface area contributed by atoms with Crippen molar-refractivity contribution < 1.29 is 4.74 Å². The predicted molar refractivity (Wildman–Crippen MR) is 72.5 cm³/mol. The summed E-state index contributed by atoms with van der Waals surface area (Å²) in [6.45, 7) is 4.58. The first-order chi connectivity index (χ1) is 8.84. The Hall–Kier alpha value is -1.61. The van der Waals surface area contributed by atoms with Gasteiger partial charge in [0.05, 0.1) is 12.8 Å². The van der Waals surface area contributed by atoms with Gasteiger partial charge in [-0.25, -0.2) is 0 Å². The van der Waals surface area contributed by atoms with Gasteiger partial charge >= 0.3 is 0 Å². The lowest BCUT2D eigenvalue weighted by Gasteiger charge is -2.04. The molecule has 18 heavy (non-hydrogen) atoms. The molecule has 0 atom stereocenters. The minimum absolute atomic E-state index is 0.794. The van der Waals surface area contributed by atoms with Crippen molar-refractivity contribution in [2.75, 3.05) is 13.2 Å². The molecule has 1 heterocycles. The van der Waals surface area contributed by atoms with E-state index >= 15 is 0 Å². The quantitative estimate of drug-likeness (QED) is 0.700. The van der Waals surface area contributed by atoms with Gasteiger partial charge in [-0.05, 0) is 30.9 Å². The van der Waals surface area contributed by atoms with Crippen LogP contribution in [0.2, 0.25) is 0 Å². The largest absolute Gasteiger partial charge is 0.381 e. The van der Waals surface area contributed by atoms with E-state index in [0.29, 0.717) is 0 Å². The standard InChI is InChI=1S/C15H20N2O/c1-14-12-16-17(13-14)9-5-10-18-11-8-15-6-3-2-4-7-15/h2-4,6-7,12-13H,5,8-11H2,1H3. The third-order valence-corrected chi connectivity index (χ3v) is 2.82. The minimum Gasteiger partial charge on any atom is -0.381 e. The molecule has 0 spiro atoms. The first-order valence-electron chi connectivity index (χ1n) is 6.45. The second-order valence-electron chi connectivity index (χ2n) is 4.48. The van der Waals surface area contributed by atoms with Crippen LogP contribution in [0.1, 0.15) is 17.5 Å². The van der Waals surface area contributed by atoms with Crippen LogP contribution < -0.4 is 0 Å². The lowest BCUT2D eigenvalue weighted by molar-refractivity contribution is 0.131. The maximum absolute atomic E-state index is 5.62. The summed E-state index contributed by atoms with van der Waals surface area (Å²) in [5.74, 6) is 0. The number of ether oxygens (including phenoxy) is 1. The van der Waals surface area contributed by atoms with Gasteiger partial charge in [0.2, 0.25) is 0 Å². The molecule has 3 nitrogen and oxygen atoms in total. The van der Waals surface area contributed by atoms with Crippen LogP contribution in [-0.2, 0) is 17.7 Å². The zero-order chi connectivity index (χ0) is 12.6. The zero-order valence-corrected chi connectivity index (χ0v) is 10.9. The molecule has 0 saturated heterocycles. The number of aryl methyl sites for hydroxylation is 2. The number of rotatable bonds is 7. The van der Waals surface area contributed by atoms with Crippen LogP contribution in [0.3, 0.4) is 0 Å². The fraction of sp³-hybridized carbons (Fsp3) is 0.400. The van der Waals surface area contributed by atoms with Gasteiger partial charge in [0, 0.05) is 19.3 Å². The van der Waals surface area contributed by atoms with Crippen molar-refractivity contribution in [3.63, 3.8) is 0 Å². The molecule has 0 radical (unpaired) electrons. The van der Waals surface area contributed by atoms with Gasteiger partial charge in [0.15, 0.2) is 0 Å². The fourth-order valence-corrected chi connectivity index (χ4v) is 1.85. The van der Waals surface area contributed by atoms with Gasteiger partial charge in [0.1, 0.15) is 0 Å². The van der Waals surface area contributed by atoms with Crippen LogP contribution in [0.5, 0.6) is 0 Å². The molecule has 0 saturated carbocycles. The molecular formula is C15H20N2O. The Morgan fingerprint density at radius 3 is 2.72 bits per heavy atom. The van der Waals surface area contributed by atoms with E-state index in [0.717, 1.165) is 32.6 Å². The average Bonchev–Trinajstić information content (AvgIpc) is 2.81. The molecule has 0 N–H and O–H groups in total. The van der Waals surface area contributed by atoms with E-state index in [1.807, 2.05) is 16.9 Å². The molecule has 2 aromatic rings. The van der Waals surface area contributed by atoms with Crippen molar-refractivity contribution in [3.8, 4) is 0 Å². The van der Waals surface area contributed by atoms with Crippen molar-refractivity contribution in [2.45, 2.75) is 26.3 Å². The second-order valence-corrected chi connectivity index (χ2v) is 4.48. The van der Waals surface area contributed by atoms with E-state index in [-0.39, 0.29) is 0 Å². The van der Waals surface area contributed by atoms with Gasteiger partial charge in [-0.2, -0.15) is 5.10 Å². The Labute approximate surface area is 108 Å². The summed E-state index contributed by atoms with van der Waals surface area (Å²) >= 11 is 0. The van der Waals surface area contributed by atoms with Gasteiger partial charge in [0.25, 0.3) is 0 Å². The molecule has 0 fully saturated rings. The summed E-state index contributed by atoms with van der Waals surface area (Å²) in [6, 6.07) is 10.4. The van der Waals surface area contributed by atoms with Crippen LogP contribution in [0.4, 0.5) is 0 Å². The maximum Gasteiger partial charge on any atom is 0.0518 e. The SMILES string of the molecule is Cc1cnn(CCCOCCc2ccccc2)c1. The highest BCUT2D eigenvalue weighted by molar-refractivity contribution is 5.14. The number of hydrogen-bond donors (Lipinski definition) is 0. The smallest absolute Gasteiger partial charge is 0.0518 e. The Kier molecular flexibility index (Phi) is 4.97. The number of benzene rings is 1. The highest BCUT2D eigenvalue weighted by Gasteiger charge is 1.95. The maximum atomic E-state index is 5.62. The predicted octanol–water partition coefficient (Wildman–Crippen LogP) is 2.84. The van der Waals surface area contributed by atoms with E-state index < -0.39 is 0 Å². The van der Waals surface area contributed by atoms with E-state index in [9.17, 15) is 0 Å². The molecule has 1 aromatic carbocycles. The van der Waals surface area contributed by atoms with Crippen molar-refractivity contribution in [1.29, 1.82) is 0 Å². The molecular weight excluding hydrogens is 224 g/mol. The van der Waals surface area contributed by atoms with Gasteiger partial charge in [-0.15, -0.1) is 0 Å². The van der Waals surface area contributed by atoms with Crippen molar-refractivity contribution in [2.24, 2.45) is 0 Å². The summed E-state index contributed by atoms with van der Waals surface area (Å²) in [5, 5.41) is 4.24. The van der Waals surface area contributed by atoms with E-state index in [2.05, 4.69) is 42.5 Å². The molecule has 0 aliphatic rings. The van der Waals surface area contributed by atoms with Crippen molar-refractivity contribution in [3.05, 3.63) is 53.9 Å². The van der Waals surface area contributed by atoms with Crippen LogP contribution >= 0.6 is 0 Å². The Balaban J connectivity index is 1.54. The number of hydrogen-bond acceptors (Lipinski definition) is 2. The fourth-order valence-electron chi connectivity index (χ4n) is 1.85.